The van der Waals surface area contributed by atoms with Crippen LogP contribution in [0.5, 0.6) is 5.75 Å². The van der Waals surface area contributed by atoms with Gasteiger partial charge in [-0.25, -0.2) is 8.42 Å². The van der Waals surface area contributed by atoms with E-state index in [0.717, 1.165) is 6.42 Å². The lowest BCUT2D eigenvalue weighted by Crippen LogP contribution is -2.62. The van der Waals surface area contributed by atoms with Gasteiger partial charge in [0.05, 0.1) is 36.2 Å². The second-order valence-electron chi connectivity index (χ2n) is 7.09. The van der Waals surface area contributed by atoms with E-state index in [2.05, 4.69) is 6.07 Å². The Hall–Kier alpha value is -1.61. The Morgan fingerprint density at radius 2 is 2.04 bits per heavy atom. The highest BCUT2D eigenvalue weighted by atomic mass is 35.5. The number of carbonyl (C=O) groups excluding carboxylic acids is 1. The molecule has 0 N–H and O–H groups in total. The van der Waals surface area contributed by atoms with Gasteiger partial charge in [0.15, 0.2) is 9.84 Å². The number of methoxy groups -OCH3 is 1. The number of hydrogen-bond donors (Lipinski definition) is 0. The number of nitrogens with zero attached hydrogens (tertiary/aromatic N) is 2. The molecular formula is C19H21ClN2O4S2. The molecule has 0 saturated carbocycles. The lowest BCUT2D eigenvalue weighted by Gasteiger charge is -2.43. The number of carbonyl (C=O) groups is 1. The highest BCUT2D eigenvalue weighted by Gasteiger charge is 2.49. The molecule has 28 heavy (non-hydrogen) atoms. The van der Waals surface area contributed by atoms with E-state index in [1.54, 1.807) is 34.4 Å². The minimum atomic E-state index is -3.21. The van der Waals surface area contributed by atoms with E-state index in [9.17, 15) is 13.2 Å². The molecule has 2 aliphatic rings. The van der Waals surface area contributed by atoms with E-state index in [1.165, 1.54) is 12.0 Å². The van der Waals surface area contributed by atoms with Crippen LogP contribution in [0.25, 0.3) is 0 Å². The van der Waals surface area contributed by atoms with Gasteiger partial charge in [-0.1, -0.05) is 17.7 Å². The Kier molecular flexibility index (Phi) is 5.39. The van der Waals surface area contributed by atoms with Gasteiger partial charge in [-0.05, 0) is 36.1 Å². The molecule has 2 saturated heterocycles. The zero-order chi connectivity index (χ0) is 19.9. The first-order valence-corrected chi connectivity index (χ1v) is 12.1. The Balaban J connectivity index is 1.62. The maximum absolute atomic E-state index is 13.0. The number of rotatable bonds is 5. The van der Waals surface area contributed by atoms with Crippen molar-refractivity contribution in [3.63, 3.8) is 0 Å². The van der Waals surface area contributed by atoms with E-state index in [-0.39, 0.29) is 30.0 Å². The van der Waals surface area contributed by atoms with Crippen LogP contribution in [0, 0.1) is 0 Å². The average Bonchev–Trinajstić information content (AvgIpc) is 3.26. The van der Waals surface area contributed by atoms with E-state index in [4.69, 9.17) is 16.3 Å². The lowest BCUT2D eigenvalue weighted by molar-refractivity contribution is -0.123. The molecule has 3 heterocycles. The van der Waals surface area contributed by atoms with Crippen molar-refractivity contribution in [2.45, 2.75) is 18.5 Å². The second-order valence-corrected chi connectivity index (χ2v) is 10.7. The number of sulfone groups is 1. The zero-order valence-corrected chi connectivity index (χ0v) is 17.8. The average molecular weight is 441 g/mol. The van der Waals surface area contributed by atoms with E-state index in [0.29, 0.717) is 23.0 Å². The number of benzene rings is 1. The van der Waals surface area contributed by atoms with Crippen LogP contribution in [0.4, 0.5) is 5.69 Å². The molecule has 2 atom stereocenters. The largest absolute Gasteiger partial charge is 0.495 e. The third-order valence-electron chi connectivity index (χ3n) is 5.34. The zero-order valence-electron chi connectivity index (χ0n) is 15.4. The van der Waals surface area contributed by atoms with E-state index >= 15 is 0 Å². The molecule has 0 unspecified atom stereocenters. The predicted octanol–water partition coefficient (Wildman–Crippen LogP) is 2.47. The summed E-state index contributed by atoms with van der Waals surface area (Å²) in [6, 6.07) is 8.58. The summed E-state index contributed by atoms with van der Waals surface area (Å²) in [5.74, 6) is 0.465. The molecule has 4 rings (SSSR count). The van der Waals surface area contributed by atoms with Crippen LogP contribution in [0.1, 0.15) is 4.88 Å². The van der Waals surface area contributed by atoms with Crippen LogP contribution in [0.2, 0.25) is 5.02 Å². The van der Waals surface area contributed by atoms with Crippen molar-refractivity contribution < 1.29 is 17.9 Å². The van der Waals surface area contributed by atoms with Gasteiger partial charge in [0.2, 0.25) is 5.91 Å². The highest BCUT2D eigenvalue weighted by Crippen LogP contribution is 2.35. The first-order valence-electron chi connectivity index (χ1n) is 9.00. The summed E-state index contributed by atoms with van der Waals surface area (Å²) >= 11 is 7.91. The number of ether oxygens (including phenoxy) is 1. The molecule has 0 spiro atoms. The maximum Gasteiger partial charge on any atom is 0.241 e. The molecule has 0 aliphatic carbocycles. The minimum absolute atomic E-state index is 0.0252. The van der Waals surface area contributed by atoms with Crippen molar-refractivity contribution in [2.24, 2.45) is 0 Å². The number of halogens is 1. The summed E-state index contributed by atoms with van der Waals surface area (Å²) in [4.78, 5) is 17.9. The summed E-state index contributed by atoms with van der Waals surface area (Å²) < 4.78 is 30.0. The third-order valence-corrected chi connectivity index (χ3v) is 8.27. The SMILES string of the molecule is COc1ccc(N2C(=O)CN(CCc3cccs3)[C@H]3CS(=O)(=O)C[C@H]32)cc1Cl. The highest BCUT2D eigenvalue weighted by molar-refractivity contribution is 7.91. The molecule has 9 heteroatoms. The van der Waals surface area contributed by atoms with Gasteiger partial charge in [-0.15, -0.1) is 11.3 Å². The fourth-order valence-electron chi connectivity index (χ4n) is 4.05. The molecule has 2 aromatic rings. The second kappa shape index (κ2) is 7.67. The number of hydrogen-bond acceptors (Lipinski definition) is 6. The molecule has 2 aliphatic heterocycles. The number of thiophene rings is 1. The van der Waals surface area contributed by atoms with Crippen molar-refractivity contribution in [2.75, 3.05) is 36.6 Å². The molecular weight excluding hydrogens is 420 g/mol. The molecule has 1 aromatic carbocycles. The number of piperazine rings is 1. The van der Waals surface area contributed by atoms with Crippen molar-refractivity contribution in [3.05, 3.63) is 45.6 Å². The Labute approximate surface area is 173 Å². The van der Waals surface area contributed by atoms with Crippen molar-refractivity contribution in [1.29, 1.82) is 0 Å². The monoisotopic (exact) mass is 440 g/mol. The smallest absolute Gasteiger partial charge is 0.241 e. The van der Waals surface area contributed by atoms with Crippen LogP contribution in [0.15, 0.2) is 35.7 Å². The van der Waals surface area contributed by atoms with E-state index in [1.807, 2.05) is 16.3 Å². The van der Waals surface area contributed by atoms with Crippen LogP contribution in [-0.4, -0.2) is 63.0 Å². The standard InChI is InChI=1S/C19H21ClN2O4S2/c1-26-18-5-4-13(9-15(18)20)22-17-12-28(24,25)11-16(17)21(10-19(22)23)7-6-14-3-2-8-27-14/h2-5,8-9,16-17H,6-7,10-12H2,1H3/t16-,17+/m0/s1. The summed E-state index contributed by atoms with van der Waals surface area (Å²) in [5, 5.41) is 2.42. The van der Waals surface area contributed by atoms with Gasteiger partial charge in [0, 0.05) is 23.2 Å². The van der Waals surface area contributed by atoms with Gasteiger partial charge < -0.3 is 9.64 Å². The predicted molar refractivity (Wildman–Crippen MR) is 111 cm³/mol. The number of amides is 1. The normalized spacial score (nSPS) is 24.4. The van der Waals surface area contributed by atoms with Gasteiger partial charge >= 0.3 is 0 Å². The Morgan fingerprint density at radius 1 is 1.25 bits per heavy atom. The first kappa shape index (κ1) is 19.7. The third kappa shape index (κ3) is 3.78. The summed E-state index contributed by atoms with van der Waals surface area (Å²) in [5.41, 5.74) is 0.612. The summed E-state index contributed by atoms with van der Waals surface area (Å²) in [7, 11) is -1.69. The van der Waals surface area contributed by atoms with Crippen molar-refractivity contribution >= 4 is 44.4 Å². The van der Waals surface area contributed by atoms with Gasteiger partial charge in [-0.3, -0.25) is 9.69 Å². The van der Waals surface area contributed by atoms with Crippen molar-refractivity contribution in [1.82, 2.24) is 4.90 Å². The molecule has 6 nitrogen and oxygen atoms in total. The molecule has 150 valence electrons. The fourth-order valence-corrected chi connectivity index (χ4v) is 6.98. The molecule has 2 fully saturated rings. The van der Waals surface area contributed by atoms with Gasteiger partial charge in [0.25, 0.3) is 0 Å². The Morgan fingerprint density at radius 3 is 2.71 bits per heavy atom. The molecule has 0 bridgehead atoms. The van der Waals surface area contributed by atoms with Crippen molar-refractivity contribution in [3.8, 4) is 5.75 Å². The van der Waals surface area contributed by atoms with Crippen LogP contribution in [0.3, 0.4) is 0 Å². The van der Waals surface area contributed by atoms with Gasteiger partial charge in [0.1, 0.15) is 5.75 Å². The lowest BCUT2D eigenvalue weighted by atomic mass is 10.0. The summed E-state index contributed by atoms with van der Waals surface area (Å²) in [6.07, 6.45) is 0.808. The summed E-state index contributed by atoms with van der Waals surface area (Å²) in [6.45, 7) is 0.867. The van der Waals surface area contributed by atoms with Crippen LogP contribution >= 0.6 is 22.9 Å². The van der Waals surface area contributed by atoms with Gasteiger partial charge in [-0.2, -0.15) is 0 Å². The number of fused-ring (bicyclic) bond motifs is 1. The fraction of sp³-hybridized carbons (Fsp3) is 0.421. The Bertz CT molecular complexity index is 978. The topological polar surface area (TPSA) is 66.9 Å². The minimum Gasteiger partial charge on any atom is -0.495 e. The number of anilines is 1. The quantitative estimate of drug-likeness (QED) is 0.714. The molecule has 1 aromatic heterocycles. The van der Waals surface area contributed by atoms with Crippen LogP contribution in [-0.2, 0) is 21.1 Å². The van der Waals surface area contributed by atoms with Crippen LogP contribution < -0.4 is 9.64 Å². The van der Waals surface area contributed by atoms with E-state index < -0.39 is 15.9 Å². The molecule has 0 radical (unpaired) electrons. The maximum atomic E-state index is 13.0. The first-order chi connectivity index (χ1) is 13.4. The molecule has 1 amide bonds.